The number of nitrogens with one attached hydrogen (secondary N) is 1. The fraction of sp³-hybridized carbons (Fsp3) is 0.808. The summed E-state index contributed by atoms with van der Waals surface area (Å²) in [6, 6.07) is 0.341. The summed E-state index contributed by atoms with van der Waals surface area (Å²) in [6.45, 7) is 3.15. The predicted octanol–water partition coefficient (Wildman–Crippen LogP) is 5.19. The Morgan fingerprint density at radius 2 is 1.87 bits per heavy atom. The first-order chi connectivity index (χ1) is 14.5. The topological polar surface area (TPSA) is 55.1 Å². The molecule has 0 saturated heterocycles. The highest BCUT2D eigenvalue weighted by molar-refractivity contribution is 6.17. The van der Waals surface area contributed by atoms with Crippen molar-refractivity contribution in [3.05, 3.63) is 24.3 Å². The van der Waals surface area contributed by atoms with Gasteiger partial charge in [0.05, 0.1) is 5.41 Å². The lowest BCUT2D eigenvalue weighted by molar-refractivity contribution is -0.138. The number of carbonyl (C=O) groups is 1. The van der Waals surface area contributed by atoms with Crippen LogP contribution in [-0.4, -0.2) is 24.4 Å². The molecule has 166 valence electrons. The molecule has 0 radical (unpaired) electrons. The first-order valence-electron chi connectivity index (χ1n) is 12.4. The van der Waals surface area contributed by atoms with Gasteiger partial charge in [0.15, 0.2) is 0 Å². The van der Waals surface area contributed by atoms with E-state index in [0.29, 0.717) is 41.5 Å². The monoisotopic (exact) mass is 430 g/mol. The van der Waals surface area contributed by atoms with Gasteiger partial charge in [-0.2, -0.15) is 0 Å². The molecular formula is C26H39ClN2O. The second-order valence-electron chi connectivity index (χ2n) is 11.6. The van der Waals surface area contributed by atoms with Crippen LogP contribution in [0.4, 0.5) is 0 Å². The van der Waals surface area contributed by atoms with Gasteiger partial charge in [0.1, 0.15) is 0 Å². The summed E-state index contributed by atoms with van der Waals surface area (Å²) in [4.78, 5) is 14.0. The first-order valence-corrected chi connectivity index (χ1v) is 12.9. The molecule has 0 aromatic heterocycles. The van der Waals surface area contributed by atoms with E-state index in [9.17, 15) is 4.79 Å². The highest BCUT2D eigenvalue weighted by Crippen LogP contribution is 2.79. The molecule has 6 aliphatic rings. The fourth-order valence-corrected chi connectivity index (χ4v) is 9.34. The molecule has 3 N–H and O–H groups in total. The molecule has 4 bridgehead atoms. The number of allylic oxidation sites excluding steroid dienone is 4. The lowest BCUT2D eigenvalue weighted by Gasteiger charge is -2.47. The third kappa shape index (κ3) is 3.05. The smallest absolute Gasteiger partial charge is 0.227 e. The summed E-state index contributed by atoms with van der Waals surface area (Å²) >= 11 is 6.39. The largest absolute Gasteiger partial charge is 0.353 e. The van der Waals surface area contributed by atoms with Crippen molar-refractivity contribution in [3.63, 3.8) is 0 Å². The van der Waals surface area contributed by atoms with Crippen LogP contribution in [-0.2, 0) is 4.79 Å². The number of nitrogens with two attached hydrogens (primary N) is 1. The van der Waals surface area contributed by atoms with Crippen LogP contribution in [0.3, 0.4) is 0 Å². The Kier molecular flexibility index (Phi) is 5.38. The third-order valence-corrected chi connectivity index (χ3v) is 10.2. The Hall–Kier alpha value is -0.800. The van der Waals surface area contributed by atoms with Crippen LogP contribution in [0.1, 0.15) is 71.1 Å². The van der Waals surface area contributed by atoms with E-state index < -0.39 is 0 Å². The van der Waals surface area contributed by atoms with Crippen molar-refractivity contribution in [2.75, 3.05) is 12.4 Å². The van der Waals surface area contributed by atoms with Crippen molar-refractivity contribution in [2.24, 2.45) is 45.7 Å². The van der Waals surface area contributed by atoms with Crippen molar-refractivity contribution >= 4 is 17.5 Å². The Balaban J connectivity index is 1.41. The highest BCUT2D eigenvalue weighted by atomic mass is 35.5. The van der Waals surface area contributed by atoms with Crippen molar-refractivity contribution in [2.45, 2.75) is 77.2 Å². The maximum Gasteiger partial charge on any atom is 0.227 e. The molecule has 0 heterocycles. The molecule has 5 fully saturated rings. The van der Waals surface area contributed by atoms with E-state index in [1.54, 1.807) is 0 Å². The Morgan fingerprint density at radius 1 is 1.10 bits per heavy atom. The van der Waals surface area contributed by atoms with Crippen LogP contribution in [0.2, 0.25) is 0 Å². The Labute approximate surface area is 187 Å². The summed E-state index contributed by atoms with van der Waals surface area (Å²) in [7, 11) is 0. The number of hydrogen-bond acceptors (Lipinski definition) is 2. The molecule has 4 heteroatoms. The molecule has 6 rings (SSSR count). The normalized spacial score (nSPS) is 49.0. The summed E-state index contributed by atoms with van der Waals surface area (Å²) in [5.74, 6) is 3.51. The number of amides is 1. The van der Waals surface area contributed by atoms with Crippen LogP contribution in [0.5, 0.6) is 0 Å². The van der Waals surface area contributed by atoms with Crippen molar-refractivity contribution < 1.29 is 4.79 Å². The summed E-state index contributed by atoms with van der Waals surface area (Å²) in [5.41, 5.74) is 6.08. The summed E-state index contributed by atoms with van der Waals surface area (Å²) < 4.78 is 0. The maximum atomic E-state index is 14.0. The number of halogens is 1. The van der Waals surface area contributed by atoms with Gasteiger partial charge in [-0.15, -0.1) is 11.6 Å². The number of rotatable bonds is 6. The molecule has 1 amide bonds. The van der Waals surface area contributed by atoms with E-state index in [2.05, 4.69) is 36.5 Å². The van der Waals surface area contributed by atoms with Gasteiger partial charge >= 0.3 is 0 Å². The van der Waals surface area contributed by atoms with Crippen molar-refractivity contribution in [1.82, 2.24) is 5.32 Å². The van der Waals surface area contributed by atoms with Gasteiger partial charge in [0.2, 0.25) is 5.91 Å². The second-order valence-corrected chi connectivity index (χ2v) is 12.0. The summed E-state index contributed by atoms with van der Waals surface area (Å²) in [6.07, 6.45) is 20.6. The minimum Gasteiger partial charge on any atom is -0.353 e. The van der Waals surface area contributed by atoms with Gasteiger partial charge in [-0.1, -0.05) is 31.2 Å². The number of carbonyl (C=O) groups excluding carboxylic acids is 1. The van der Waals surface area contributed by atoms with Crippen LogP contribution < -0.4 is 11.1 Å². The van der Waals surface area contributed by atoms with E-state index in [1.165, 1.54) is 19.3 Å². The molecule has 3 nitrogen and oxygen atoms in total. The minimum absolute atomic E-state index is 0.116. The number of alkyl halides is 1. The molecule has 4 unspecified atom stereocenters. The second kappa shape index (κ2) is 7.66. The average molecular weight is 431 g/mol. The molecule has 0 aromatic rings. The van der Waals surface area contributed by atoms with Crippen molar-refractivity contribution in [3.8, 4) is 0 Å². The fourth-order valence-electron chi connectivity index (χ4n) is 8.97. The van der Waals surface area contributed by atoms with Crippen LogP contribution in [0, 0.1) is 39.9 Å². The SMILES string of the molecule is CC1C=CC=CC1[C@@]12CC3CC(C(=O)N[C@H]4CC[C@H](CN)CC4)(C1)[C@](CCCl)(C3)C2. The Bertz CT molecular complexity index is 741. The van der Waals surface area contributed by atoms with Gasteiger partial charge in [0.25, 0.3) is 0 Å². The molecule has 5 saturated carbocycles. The van der Waals surface area contributed by atoms with E-state index >= 15 is 0 Å². The van der Waals surface area contributed by atoms with Gasteiger partial charge in [-0.3, -0.25) is 4.79 Å². The number of hydrogen-bond donors (Lipinski definition) is 2. The third-order valence-electron chi connectivity index (χ3n) is 10.0. The molecular weight excluding hydrogens is 392 g/mol. The van der Waals surface area contributed by atoms with E-state index in [4.69, 9.17) is 17.3 Å². The minimum atomic E-state index is -0.190. The zero-order valence-electron chi connectivity index (χ0n) is 18.5. The molecule has 0 aromatic carbocycles. The maximum absolute atomic E-state index is 14.0. The quantitative estimate of drug-likeness (QED) is 0.569. The predicted molar refractivity (Wildman–Crippen MR) is 123 cm³/mol. The van der Waals surface area contributed by atoms with E-state index in [0.717, 1.165) is 51.5 Å². The summed E-state index contributed by atoms with van der Waals surface area (Å²) in [5, 5.41) is 3.57. The molecule has 6 aliphatic carbocycles. The average Bonchev–Trinajstić information content (AvgIpc) is 3.07. The zero-order valence-corrected chi connectivity index (χ0v) is 19.3. The lowest BCUT2D eigenvalue weighted by atomic mass is 9.57. The van der Waals surface area contributed by atoms with Gasteiger partial charge in [-0.25, -0.2) is 0 Å². The van der Waals surface area contributed by atoms with Crippen LogP contribution in [0.15, 0.2) is 24.3 Å². The van der Waals surface area contributed by atoms with Gasteiger partial charge in [-0.05, 0) is 105 Å². The highest BCUT2D eigenvalue weighted by Gasteiger charge is 2.75. The van der Waals surface area contributed by atoms with E-state index in [1.807, 2.05) is 0 Å². The van der Waals surface area contributed by atoms with Crippen LogP contribution in [0.25, 0.3) is 0 Å². The van der Waals surface area contributed by atoms with Crippen LogP contribution >= 0.6 is 11.6 Å². The molecule has 30 heavy (non-hydrogen) atoms. The molecule has 0 aliphatic heterocycles. The van der Waals surface area contributed by atoms with Gasteiger partial charge in [0, 0.05) is 11.9 Å². The first kappa shape index (κ1) is 21.1. The van der Waals surface area contributed by atoms with Crippen molar-refractivity contribution in [1.29, 1.82) is 0 Å². The standard InChI is InChI=1S/C26H39ClN2O/c1-18-4-2-3-5-22(18)24-12-20-13-25(16-24,10-11-27)26(14-20,17-24)23(30)29-21-8-6-19(15-28)7-9-21/h2-5,18-22H,6-17,28H2,1H3,(H,29,30)/t18?,19-,20?,21-,22?,24-,25-,26?/m1/s1. The van der Waals surface area contributed by atoms with E-state index in [-0.39, 0.29) is 16.2 Å². The zero-order chi connectivity index (χ0) is 21.0. The molecule has 6 atom stereocenters. The Morgan fingerprint density at radius 3 is 2.57 bits per heavy atom. The lowest BCUT2D eigenvalue weighted by Crippen LogP contribution is -2.51. The molecule has 0 spiro atoms. The van der Waals surface area contributed by atoms with Gasteiger partial charge < -0.3 is 11.1 Å².